The van der Waals surface area contributed by atoms with Crippen LogP contribution in [-0.4, -0.2) is 35.2 Å². The smallest absolute Gasteiger partial charge is 0.292 e. The molecule has 0 aliphatic heterocycles. The van der Waals surface area contributed by atoms with E-state index in [1.54, 1.807) is 28.7 Å². The number of hydrogen-bond acceptors (Lipinski definition) is 5. The molecule has 0 saturated heterocycles. The van der Waals surface area contributed by atoms with Crippen molar-refractivity contribution in [1.82, 2.24) is 29.3 Å². The molecule has 0 aliphatic rings. The lowest BCUT2D eigenvalue weighted by Gasteiger charge is -2.11. The highest BCUT2D eigenvalue weighted by molar-refractivity contribution is 5.78. The second-order valence-corrected chi connectivity index (χ2v) is 7.68. The van der Waals surface area contributed by atoms with Crippen LogP contribution in [0.1, 0.15) is 49.2 Å². The molecule has 2 aromatic carbocycles. The minimum atomic E-state index is -0.268. The third-order valence-corrected chi connectivity index (χ3v) is 5.52. The van der Waals surface area contributed by atoms with Crippen LogP contribution in [0.4, 0.5) is 0 Å². The third kappa shape index (κ3) is 4.30. The molecule has 0 amide bonds. The molecule has 4 rings (SSSR count). The topological polar surface area (TPSA) is 87.6 Å². The first kappa shape index (κ1) is 21.4. The molecule has 2 heterocycles. The Morgan fingerprint density at radius 3 is 2.50 bits per heavy atom. The zero-order valence-corrected chi connectivity index (χ0v) is 18.3. The minimum absolute atomic E-state index is 0.180. The van der Waals surface area contributed by atoms with Crippen LogP contribution in [0.5, 0.6) is 0 Å². The first-order chi connectivity index (χ1) is 15.6. The van der Waals surface area contributed by atoms with Gasteiger partial charge in [0.25, 0.3) is 0 Å². The Labute approximate surface area is 186 Å². The lowest BCUT2D eigenvalue weighted by atomic mass is 10.0. The molecule has 4 aromatic rings. The number of hydrogen-bond donors (Lipinski definition) is 0. The van der Waals surface area contributed by atoms with Gasteiger partial charge in [-0.1, -0.05) is 62.7 Å². The Balaban J connectivity index is 1.64. The molecule has 8 heteroatoms. The molecular weight excluding hydrogens is 404 g/mol. The summed E-state index contributed by atoms with van der Waals surface area (Å²) < 4.78 is 4.60. The second-order valence-electron chi connectivity index (χ2n) is 7.68. The quantitative estimate of drug-likeness (QED) is 0.425. The van der Waals surface area contributed by atoms with Crippen LogP contribution in [0, 0.1) is 0 Å². The summed E-state index contributed by atoms with van der Waals surface area (Å²) in [6.07, 6.45) is 6.34. The molecular formula is C24H26N6O2. The van der Waals surface area contributed by atoms with Gasteiger partial charge >= 0.3 is 5.69 Å². The van der Waals surface area contributed by atoms with Crippen LogP contribution >= 0.6 is 0 Å². The highest BCUT2D eigenvalue weighted by Gasteiger charge is 2.15. The van der Waals surface area contributed by atoms with Crippen molar-refractivity contribution in [2.24, 2.45) is 0 Å². The molecule has 0 fully saturated rings. The summed E-state index contributed by atoms with van der Waals surface area (Å²) in [5.41, 5.74) is 4.54. The molecule has 0 saturated carbocycles. The van der Waals surface area contributed by atoms with Crippen molar-refractivity contribution in [3.05, 3.63) is 82.8 Å². The van der Waals surface area contributed by atoms with Gasteiger partial charge in [0.1, 0.15) is 6.33 Å². The Kier molecular flexibility index (Phi) is 6.39. The molecule has 8 nitrogen and oxygen atoms in total. The summed E-state index contributed by atoms with van der Waals surface area (Å²) in [4.78, 5) is 25.1. The fourth-order valence-electron chi connectivity index (χ4n) is 3.76. The second kappa shape index (κ2) is 9.55. The number of aromatic nitrogens is 6. The zero-order chi connectivity index (χ0) is 22.5. The zero-order valence-electron chi connectivity index (χ0n) is 18.3. The van der Waals surface area contributed by atoms with Crippen molar-refractivity contribution in [2.45, 2.75) is 46.1 Å². The molecule has 0 atom stereocenters. The molecule has 0 spiro atoms. The van der Waals surface area contributed by atoms with E-state index < -0.39 is 0 Å². The summed E-state index contributed by atoms with van der Waals surface area (Å²) in [6, 6.07) is 16.0. The number of aryl methyl sites for hydroxylation is 1. The lowest BCUT2D eigenvalue weighted by molar-refractivity contribution is 0.0904. The summed E-state index contributed by atoms with van der Waals surface area (Å²) in [5, 5.41) is 11.5. The highest BCUT2D eigenvalue weighted by atomic mass is 16.2. The van der Waals surface area contributed by atoms with Gasteiger partial charge in [0, 0.05) is 23.9 Å². The molecule has 0 unspecified atom stereocenters. The molecule has 0 radical (unpaired) electrons. The van der Waals surface area contributed by atoms with E-state index in [0.717, 1.165) is 47.3 Å². The van der Waals surface area contributed by atoms with Crippen LogP contribution in [0.25, 0.3) is 16.8 Å². The van der Waals surface area contributed by atoms with Gasteiger partial charge in [0.15, 0.2) is 0 Å². The van der Waals surface area contributed by atoms with Crippen molar-refractivity contribution in [3.8, 4) is 16.8 Å². The van der Waals surface area contributed by atoms with Gasteiger partial charge in [0.05, 0.1) is 12.2 Å². The maximum Gasteiger partial charge on any atom is 0.335 e. The van der Waals surface area contributed by atoms with Gasteiger partial charge in [-0.25, -0.2) is 9.36 Å². The standard InChI is InChI=1S/C24H26N6O2/c1-3-5-8-20-16-29(23(31)4-2)24(32)28(20)15-18-11-13-19(14-12-18)21-9-6-7-10-22(21)30-17-25-26-27-30/h6-7,9-14,16-17H,3-5,8,15H2,1-2H3. The Morgan fingerprint density at radius 1 is 1.03 bits per heavy atom. The average molecular weight is 431 g/mol. The van der Waals surface area contributed by atoms with Gasteiger partial charge in [-0.05, 0) is 40.5 Å². The van der Waals surface area contributed by atoms with Crippen LogP contribution in [0.15, 0.2) is 65.8 Å². The average Bonchev–Trinajstić information content (AvgIpc) is 3.47. The van der Waals surface area contributed by atoms with Crippen molar-refractivity contribution in [3.63, 3.8) is 0 Å². The SMILES string of the molecule is CCCCc1cn(C(=O)CC)c(=O)n1Cc1ccc(-c2ccccc2-n2cnnn2)cc1. The Hall–Kier alpha value is -3.81. The van der Waals surface area contributed by atoms with Crippen molar-refractivity contribution >= 4 is 5.91 Å². The van der Waals surface area contributed by atoms with Crippen LogP contribution in [-0.2, 0) is 13.0 Å². The van der Waals surface area contributed by atoms with E-state index in [0.29, 0.717) is 13.0 Å². The van der Waals surface area contributed by atoms with Crippen molar-refractivity contribution in [2.75, 3.05) is 0 Å². The molecule has 164 valence electrons. The highest BCUT2D eigenvalue weighted by Crippen LogP contribution is 2.26. The fraction of sp³-hybridized carbons (Fsp3) is 0.292. The van der Waals surface area contributed by atoms with E-state index in [-0.39, 0.29) is 11.6 Å². The lowest BCUT2D eigenvalue weighted by Crippen LogP contribution is -2.29. The third-order valence-electron chi connectivity index (χ3n) is 5.52. The van der Waals surface area contributed by atoms with E-state index in [1.807, 2.05) is 48.5 Å². The molecule has 0 N–H and O–H groups in total. The number of carbonyl (C=O) groups excluding carboxylic acids is 1. The number of imidazole rings is 1. The van der Waals surface area contributed by atoms with Crippen LogP contribution in [0.3, 0.4) is 0 Å². The van der Waals surface area contributed by atoms with E-state index in [2.05, 4.69) is 22.4 Å². The molecule has 2 aromatic heterocycles. The largest absolute Gasteiger partial charge is 0.335 e. The summed E-state index contributed by atoms with van der Waals surface area (Å²) >= 11 is 0. The van der Waals surface area contributed by atoms with Crippen LogP contribution < -0.4 is 5.69 Å². The van der Waals surface area contributed by atoms with E-state index in [9.17, 15) is 9.59 Å². The number of benzene rings is 2. The van der Waals surface area contributed by atoms with Gasteiger partial charge < -0.3 is 0 Å². The minimum Gasteiger partial charge on any atom is -0.292 e. The number of carbonyl (C=O) groups is 1. The monoisotopic (exact) mass is 430 g/mol. The maximum atomic E-state index is 12.9. The maximum absolute atomic E-state index is 12.9. The van der Waals surface area contributed by atoms with Crippen molar-refractivity contribution in [1.29, 1.82) is 0 Å². The summed E-state index contributed by atoms with van der Waals surface area (Å²) in [7, 11) is 0. The van der Waals surface area contributed by atoms with E-state index in [4.69, 9.17) is 0 Å². The number of unbranched alkanes of at least 4 members (excludes halogenated alkanes) is 1. The van der Waals surface area contributed by atoms with E-state index in [1.165, 1.54) is 4.57 Å². The molecule has 0 bridgehead atoms. The number of nitrogens with zero attached hydrogens (tertiary/aromatic N) is 6. The van der Waals surface area contributed by atoms with Crippen LogP contribution in [0.2, 0.25) is 0 Å². The molecule has 0 aliphatic carbocycles. The van der Waals surface area contributed by atoms with Crippen molar-refractivity contribution < 1.29 is 4.79 Å². The number of tetrazole rings is 1. The Bertz CT molecular complexity index is 1250. The number of rotatable bonds is 8. The van der Waals surface area contributed by atoms with E-state index >= 15 is 0 Å². The number of para-hydroxylation sites is 1. The first-order valence-electron chi connectivity index (χ1n) is 10.9. The normalized spacial score (nSPS) is 11.1. The Morgan fingerprint density at radius 2 is 1.81 bits per heavy atom. The van der Waals surface area contributed by atoms with Gasteiger partial charge in [-0.2, -0.15) is 4.68 Å². The predicted molar refractivity (Wildman–Crippen MR) is 122 cm³/mol. The predicted octanol–water partition coefficient (Wildman–Crippen LogP) is 3.73. The first-order valence-corrected chi connectivity index (χ1v) is 10.9. The fourth-order valence-corrected chi connectivity index (χ4v) is 3.76. The molecule has 32 heavy (non-hydrogen) atoms. The van der Waals surface area contributed by atoms with Gasteiger partial charge in [0.2, 0.25) is 5.91 Å². The van der Waals surface area contributed by atoms with Gasteiger partial charge in [-0.15, -0.1) is 5.10 Å². The summed E-state index contributed by atoms with van der Waals surface area (Å²) in [6.45, 7) is 4.31. The van der Waals surface area contributed by atoms with Gasteiger partial charge in [-0.3, -0.25) is 9.36 Å². The summed E-state index contributed by atoms with van der Waals surface area (Å²) in [5.74, 6) is -0.180.